The van der Waals surface area contributed by atoms with Crippen molar-refractivity contribution < 1.29 is 0 Å². The average Bonchev–Trinajstić information content (AvgIpc) is 2.17. The van der Waals surface area contributed by atoms with Gasteiger partial charge in [-0.15, -0.1) is 6.42 Å². The topological polar surface area (TPSA) is 12.0 Å². The van der Waals surface area contributed by atoms with Crippen LogP contribution < -0.4 is 5.32 Å². The summed E-state index contributed by atoms with van der Waals surface area (Å²) in [6.07, 6.45) is 7.70. The van der Waals surface area contributed by atoms with Gasteiger partial charge in [0, 0.05) is 17.8 Å². The van der Waals surface area contributed by atoms with Gasteiger partial charge in [0.2, 0.25) is 0 Å². The van der Waals surface area contributed by atoms with Crippen molar-refractivity contribution in [1.29, 1.82) is 0 Å². The van der Waals surface area contributed by atoms with E-state index in [0.717, 1.165) is 12.1 Å². The van der Waals surface area contributed by atoms with Gasteiger partial charge in [-0.05, 0) is 30.5 Å². The Balaban J connectivity index is 2.44. The Bertz CT molecular complexity index is 333. The average molecular weight is 157 g/mol. The van der Waals surface area contributed by atoms with E-state index in [4.69, 9.17) is 6.42 Å². The molecule has 0 fully saturated rings. The van der Waals surface area contributed by atoms with E-state index in [1.165, 1.54) is 24.1 Å². The smallest absolute Gasteiger partial charge is 0.0385 e. The highest BCUT2D eigenvalue weighted by Crippen LogP contribution is 2.22. The van der Waals surface area contributed by atoms with Crippen LogP contribution in [0.4, 0.5) is 5.69 Å². The van der Waals surface area contributed by atoms with E-state index in [9.17, 15) is 0 Å². The Hall–Kier alpha value is -1.42. The van der Waals surface area contributed by atoms with E-state index >= 15 is 0 Å². The Morgan fingerprint density at radius 1 is 1.42 bits per heavy atom. The molecule has 0 saturated carbocycles. The summed E-state index contributed by atoms with van der Waals surface area (Å²) in [5.74, 6) is 2.64. The lowest BCUT2D eigenvalue weighted by molar-refractivity contribution is 0.830. The maximum Gasteiger partial charge on any atom is 0.0385 e. The second-order valence-corrected chi connectivity index (χ2v) is 3.05. The molecule has 1 heteroatoms. The van der Waals surface area contributed by atoms with Crippen molar-refractivity contribution in [1.82, 2.24) is 0 Å². The van der Waals surface area contributed by atoms with Gasteiger partial charge < -0.3 is 5.32 Å². The molecule has 1 N–H and O–H groups in total. The second-order valence-electron chi connectivity index (χ2n) is 3.05. The lowest BCUT2D eigenvalue weighted by atomic mass is 10.0. The highest BCUT2D eigenvalue weighted by atomic mass is 14.9. The number of hydrogen-bond acceptors (Lipinski definition) is 1. The van der Waals surface area contributed by atoms with Crippen LogP contribution in [0.5, 0.6) is 0 Å². The van der Waals surface area contributed by atoms with Crippen LogP contribution >= 0.6 is 0 Å². The van der Waals surface area contributed by atoms with E-state index in [1.54, 1.807) is 0 Å². The van der Waals surface area contributed by atoms with Gasteiger partial charge in [-0.25, -0.2) is 0 Å². The Morgan fingerprint density at radius 2 is 2.33 bits per heavy atom. The molecular weight excluding hydrogens is 146 g/mol. The molecule has 1 aromatic carbocycles. The van der Waals surface area contributed by atoms with Crippen molar-refractivity contribution in [2.45, 2.75) is 12.8 Å². The maximum absolute atomic E-state index is 5.31. The van der Waals surface area contributed by atoms with Gasteiger partial charge in [-0.1, -0.05) is 12.0 Å². The summed E-state index contributed by atoms with van der Waals surface area (Å²) in [7, 11) is 0. The van der Waals surface area contributed by atoms with Gasteiger partial charge in [-0.3, -0.25) is 0 Å². The predicted octanol–water partition coefficient (Wildman–Crippen LogP) is 2.03. The van der Waals surface area contributed by atoms with Crippen LogP contribution in [0, 0.1) is 12.3 Å². The number of aryl methyl sites for hydroxylation is 1. The van der Waals surface area contributed by atoms with Crippen molar-refractivity contribution in [2.75, 3.05) is 11.9 Å². The molecule has 60 valence electrons. The molecule has 1 aliphatic rings. The van der Waals surface area contributed by atoms with Gasteiger partial charge in [0.1, 0.15) is 0 Å². The molecular formula is C11H11N. The first-order chi connectivity index (χ1) is 5.90. The van der Waals surface area contributed by atoms with E-state index in [-0.39, 0.29) is 0 Å². The van der Waals surface area contributed by atoms with E-state index in [2.05, 4.69) is 23.4 Å². The standard InChI is InChI=1S/C11H11N/c1-2-9-5-6-10-4-3-7-12-11(10)8-9/h1,5-6,8,12H,3-4,7H2. The fraction of sp³-hybridized carbons (Fsp3) is 0.273. The zero-order valence-electron chi connectivity index (χ0n) is 6.93. The number of rotatable bonds is 0. The van der Waals surface area contributed by atoms with Crippen molar-refractivity contribution in [3.8, 4) is 12.3 Å². The summed E-state index contributed by atoms with van der Waals surface area (Å²) < 4.78 is 0. The van der Waals surface area contributed by atoms with Crippen LogP contribution in [0.15, 0.2) is 18.2 Å². The molecule has 12 heavy (non-hydrogen) atoms. The van der Waals surface area contributed by atoms with Crippen LogP contribution in [0.25, 0.3) is 0 Å². The van der Waals surface area contributed by atoms with Crippen LogP contribution in [0.2, 0.25) is 0 Å². The normalized spacial score (nSPS) is 14.2. The molecule has 1 aliphatic heterocycles. The molecule has 0 unspecified atom stereocenters. The number of fused-ring (bicyclic) bond motifs is 1. The molecule has 1 nitrogen and oxygen atoms in total. The predicted molar refractivity (Wildman–Crippen MR) is 51.2 cm³/mol. The summed E-state index contributed by atoms with van der Waals surface area (Å²) in [5.41, 5.74) is 3.57. The first-order valence-corrected chi connectivity index (χ1v) is 4.23. The van der Waals surface area contributed by atoms with E-state index in [0.29, 0.717) is 0 Å². The van der Waals surface area contributed by atoms with Crippen LogP contribution in [-0.4, -0.2) is 6.54 Å². The SMILES string of the molecule is C#Cc1ccc2c(c1)NCCC2. The van der Waals surface area contributed by atoms with Crippen molar-refractivity contribution in [2.24, 2.45) is 0 Å². The summed E-state index contributed by atoms with van der Waals surface area (Å²) in [6.45, 7) is 1.07. The van der Waals surface area contributed by atoms with Crippen LogP contribution in [-0.2, 0) is 6.42 Å². The highest BCUT2D eigenvalue weighted by Gasteiger charge is 2.07. The zero-order chi connectivity index (χ0) is 8.39. The second kappa shape index (κ2) is 2.91. The van der Waals surface area contributed by atoms with Crippen molar-refractivity contribution in [3.05, 3.63) is 29.3 Å². The quantitative estimate of drug-likeness (QED) is 0.568. The number of anilines is 1. The first kappa shape index (κ1) is 7.24. The van der Waals surface area contributed by atoms with Gasteiger partial charge in [0.25, 0.3) is 0 Å². The fourth-order valence-electron chi connectivity index (χ4n) is 1.55. The lowest BCUT2D eigenvalue weighted by Crippen LogP contribution is -2.11. The molecule has 2 rings (SSSR count). The Labute approximate surface area is 72.8 Å². The minimum Gasteiger partial charge on any atom is -0.385 e. The van der Waals surface area contributed by atoms with Crippen molar-refractivity contribution >= 4 is 5.69 Å². The third-order valence-corrected chi connectivity index (χ3v) is 2.21. The van der Waals surface area contributed by atoms with Crippen LogP contribution in [0.3, 0.4) is 0 Å². The molecule has 0 saturated heterocycles. The van der Waals surface area contributed by atoms with E-state index in [1.807, 2.05) is 6.07 Å². The highest BCUT2D eigenvalue weighted by molar-refractivity contribution is 5.57. The largest absolute Gasteiger partial charge is 0.385 e. The Morgan fingerprint density at radius 3 is 3.17 bits per heavy atom. The minimum absolute atomic E-state index is 0.961. The van der Waals surface area contributed by atoms with Gasteiger partial charge in [-0.2, -0.15) is 0 Å². The molecule has 0 spiro atoms. The molecule has 0 amide bonds. The number of benzene rings is 1. The summed E-state index contributed by atoms with van der Waals surface area (Å²) in [4.78, 5) is 0. The number of nitrogens with one attached hydrogen (secondary N) is 1. The molecule has 0 radical (unpaired) electrons. The number of terminal acetylenes is 1. The zero-order valence-corrected chi connectivity index (χ0v) is 6.93. The third-order valence-electron chi connectivity index (χ3n) is 2.21. The maximum atomic E-state index is 5.31. The van der Waals surface area contributed by atoms with E-state index < -0.39 is 0 Å². The number of hydrogen-bond donors (Lipinski definition) is 1. The molecule has 1 heterocycles. The Kier molecular flexibility index (Phi) is 1.75. The molecule has 0 aromatic heterocycles. The summed E-state index contributed by atoms with van der Waals surface area (Å²) >= 11 is 0. The summed E-state index contributed by atoms with van der Waals surface area (Å²) in [6, 6.07) is 6.18. The van der Waals surface area contributed by atoms with Gasteiger partial charge in [0.15, 0.2) is 0 Å². The molecule has 0 atom stereocenters. The van der Waals surface area contributed by atoms with Gasteiger partial charge in [0.05, 0.1) is 0 Å². The molecule has 0 bridgehead atoms. The monoisotopic (exact) mass is 157 g/mol. The lowest BCUT2D eigenvalue weighted by Gasteiger charge is -2.17. The van der Waals surface area contributed by atoms with Crippen LogP contribution in [0.1, 0.15) is 17.5 Å². The fourth-order valence-corrected chi connectivity index (χ4v) is 1.55. The molecule has 0 aliphatic carbocycles. The first-order valence-electron chi connectivity index (χ1n) is 4.23. The minimum atomic E-state index is 0.961. The summed E-state index contributed by atoms with van der Waals surface area (Å²) in [5, 5.41) is 3.34. The third kappa shape index (κ3) is 1.16. The molecule has 1 aromatic rings. The van der Waals surface area contributed by atoms with Gasteiger partial charge >= 0.3 is 0 Å². The van der Waals surface area contributed by atoms with Crippen molar-refractivity contribution in [3.63, 3.8) is 0 Å².